The van der Waals surface area contributed by atoms with Crippen LogP contribution in [0.2, 0.25) is 0 Å². The first-order chi connectivity index (χ1) is 12.2. The van der Waals surface area contributed by atoms with Gasteiger partial charge in [-0.3, -0.25) is 9.89 Å². The summed E-state index contributed by atoms with van der Waals surface area (Å²) in [6.45, 7) is 3.38. The van der Waals surface area contributed by atoms with Crippen LogP contribution in [0.25, 0.3) is 10.9 Å². The van der Waals surface area contributed by atoms with E-state index in [2.05, 4.69) is 33.6 Å². The Labute approximate surface area is 146 Å². The van der Waals surface area contributed by atoms with Crippen LogP contribution in [0.5, 0.6) is 0 Å². The smallest absolute Gasteiger partial charge is 0.276 e. The van der Waals surface area contributed by atoms with Crippen molar-refractivity contribution in [2.45, 2.75) is 32.6 Å². The van der Waals surface area contributed by atoms with E-state index < -0.39 is 0 Å². The van der Waals surface area contributed by atoms with Gasteiger partial charge < -0.3 is 9.42 Å². The highest BCUT2D eigenvalue weighted by Crippen LogP contribution is 2.24. The molecule has 130 valence electrons. The van der Waals surface area contributed by atoms with Crippen molar-refractivity contribution in [2.75, 3.05) is 13.1 Å². The number of nitrogens with zero attached hydrogens (tertiary/aromatic N) is 3. The highest BCUT2D eigenvalue weighted by molar-refractivity contribution is 5.92. The third-order valence-corrected chi connectivity index (χ3v) is 5.01. The quantitative estimate of drug-likeness (QED) is 0.795. The molecule has 0 radical (unpaired) electrons. The number of aromatic nitrogens is 3. The number of likely N-dealkylation sites (tertiary alicyclic amines) is 1. The molecule has 1 amide bonds. The average molecular weight is 338 g/mol. The monoisotopic (exact) mass is 338 g/mol. The summed E-state index contributed by atoms with van der Waals surface area (Å²) in [5, 5.41) is 12.1. The minimum atomic E-state index is -0.0164. The van der Waals surface area contributed by atoms with E-state index in [9.17, 15) is 4.79 Å². The molecule has 6 nitrogen and oxygen atoms in total. The number of amides is 1. The van der Waals surface area contributed by atoms with Crippen molar-refractivity contribution in [3.05, 3.63) is 47.5 Å². The highest BCUT2D eigenvalue weighted by atomic mass is 16.5. The van der Waals surface area contributed by atoms with Crippen molar-refractivity contribution < 1.29 is 9.32 Å². The second kappa shape index (κ2) is 6.70. The van der Waals surface area contributed by atoms with Gasteiger partial charge in [-0.1, -0.05) is 11.2 Å². The fourth-order valence-corrected chi connectivity index (χ4v) is 3.65. The van der Waals surface area contributed by atoms with Crippen molar-refractivity contribution in [3.8, 4) is 0 Å². The Bertz CT molecular complexity index is 882. The highest BCUT2D eigenvalue weighted by Gasteiger charge is 2.23. The van der Waals surface area contributed by atoms with Gasteiger partial charge in [-0.15, -0.1) is 0 Å². The zero-order valence-electron chi connectivity index (χ0n) is 14.4. The Hall–Kier alpha value is -2.63. The summed E-state index contributed by atoms with van der Waals surface area (Å²) in [7, 11) is 0. The molecule has 6 heteroatoms. The molecule has 1 N–H and O–H groups in total. The Balaban J connectivity index is 1.39. The van der Waals surface area contributed by atoms with Crippen LogP contribution >= 0.6 is 0 Å². The molecule has 1 aliphatic rings. The lowest BCUT2D eigenvalue weighted by Crippen LogP contribution is -2.32. The number of hydrogen-bond acceptors (Lipinski definition) is 4. The number of fused-ring (bicyclic) bond motifs is 1. The number of aromatic amines is 1. The topological polar surface area (TPSA) is 75.0 Å². The number of benzene rings is 1. The van der Waals surface area contributed by atoms with Gasteiger partial charge in [0.1, 0.15) is 5.76 Å². The van der Waals surface area contributed by atoms with Gasteiger partial charge in [0.15, 0.2) is 5.69 Å². The summed E-state index contributed by atoms with van der Waals surface area (Å²) in [4.78, 5) is 14.5. The molecule has 0 saturated carbocycles. The van der Waals surface area contributed by atoms with Gasteiger partial charge in [-0.25, -0.2) is 0 Å². The lowest BCUT2D eigenvalue weighted by Gasteiger charge is -2.19. The first kappa shape index (κ1) is 15.9. The molecule has 4 rings (SSSR count). The van der Waals surface area contributed by atoms with Crippen molar-refractivity contribution in [3.63, 3.8) is 0 Å². The lowest BCUT2D eigenvalue weighted by molar-refractivity contribution is 0.0749. The molecular weight excluding hydrogens is 316 g/mol. The second-order valence-electron chi connectivity index (χ2n) is 6.91. The Morgan fingerprint density at radius 2 is 2.24 bits per heavy atom. The summed E-state index contributed by atoms with van der Waals surface area (Å²) < 4.78 is 5.03. The van der Waals surface area contributed by atoms with E-state index >= 15 is 0 Å². The molecule has 1 fully saturated rings. The van der Waals surface area contributed by atoms with E-state index in [1.54, 1.807) is 13.0 Å². The van der Waals surface area contributed by atoms with Crippen molar-refractivity contribution >= 4 is 16.8 Å². The van der Waals surface area contributed by atoms with E-state index in [0.717, 1.165) is 49.7 Å². The maximum Gasteiger partial charge on any atom is 0.276 e. The SMILES string of the molecule is Cc1cc(C(=O)N2CCC[C@H](Cc3ccc4[nH]ncc4c3)CC2)no1. The normalized spacial score (nSPS) is 18.4. The fraction of sp³-hybridized carbons (Fsp3) is 0.421. The van der Waals surface area contributed by atoms with Gasteiger partial charge in [-0.05, 0) is 56.2 Å². The summed E-state index contributed by atoms with van der Waals surface area (Å²) in [6, 6.07) is 8.19. The number of carbonyl (C=O) groups excluding carboxylic acids is 1. The molecule has 0 spiro atoms. The largest absolute Gasteiger partial charge is 0.361 e. The molecule has 2 aromatic heterocycles. The van der Waals surface area contributed by atoms with Crippen LogP contribution in [-0.4, -0.2) is 39.3 Å². The molecular formula is C19H22N4O2. The van der Waals surface area contributed by atoms with Crippen LogP contribution in [0.15, 0.2) is 35.0 Å². The summed E-state index contributed by atoms with van der Waals surface area (Å²) >= 11 is 0. The molecule has 1 aromatic carbocycles. The van der Waals surface area contributed by atoms with Crippen LogP contribution in [0, 0.1) is 12.8 Å². The molecule has 0 aliphatic carbocycles. The van der Waals surface area contributed by atoms with Gasteiger partial charge in [0.25, 0.3) is 5.91 Å². The Kier molecular flexibility index (Phi) is 4.26. The van der Waals surface area contributed by atoms with E-state index in [0.29, 0.717) is 17.4 Å². The fourth-order valence-electron chi connectivity index (χ4n) is 3.65. The number of aryl methyl sites for hydroxylation is 1. The Morgan fingerprint density at radius 3 is 3.08 bits per heavy atom. The van der Waals surface area contributed by atoms with Crippen LogP contribution in [0.3, 0.4) is 0 Å². The van der Waals surface area contributed by atoms with Crippen molar-refractivity contribution in [1.82, 2.24) is 20.3 Å². The predicted octanol–water partition coefficient (Wildman–Crippen LogP) is 3.34. The molecule has 3 heterocycles. The zero-order chi connectivity index (χ0) is 17.2. The molecule has 3 aromatic rings. The first-order valence-corrected chi connectivity index (χ1v) is 8.83. The molecule has 1 aliphatic heterocycles. The number of rotatable bonds is 3. The van der Waals surface area contributed by atoms with E-state index in [1.165, 1.54) is 5.56 Å². The summed E-state index contributed by atoms with van der Waals surface area (Å²) in [6.07, 6.45) is 6.11. The number of H-pyrrole nitrogens is 1. The zero-order valence-corrected chi connectivity index (χ0v) is 14.4. The van der Waals surface area contributed by atoms with E-state index in [1.807, 2.05) is 11.1 Å². The maximum absolute atomic E-state index is 12.5. The van der Waals surface area contributed by atoms with Gasteiger partial charge in [0.2, 0.25) is 0 Å². The summed E-state index contributed by atoms with van der Waals surface area (Å²) in [5.74, 6) is 1.25. The third kappa shape index (κ3) is 3.43. The molecule has 1 saturated heterocycles. The van der Waals surface area contributed by atoms with Gasteiger partial charge in [0.05, 0.1) is 11.7 Å². The predicted molar refractivity (Wildman–Crippen MR) is 94.3 cm³/mol. The van der Waals surface area contributed by atoms with Crippen LogP contribution in [-0.2, 0) is 6.42 Å². The van der Waals surface area contributed by atoms with Gasteiger partial charge in [-0.2, -0.15) is 5.10 Å². The number of nitrogens with one attached hydrogen (secondary N) is 1. The second-order valence-corrected chi connectivity index (χ2v) is 6.91. The third-order valence-electron chi connectivity index (χ3n) is 5.01. The maximum atomic E-state index is 12.5. The van der Waals surface area contributed by atoms with E-state index in [4.69, 9.17) is 4.52 Å². The van der Waals surface area contributed by atoms with Gasteiger partial charge in [0, 0.05) is 24.5 Å². The van der Waals surface area contributed by atoms with Crippen molar-refractivity contribution in [1.29, 1.82) is 0 Å². The standard InChI is InChI=1S/C19H22N4O2/c1-13-9-18(22-25-13)19(24)23-7-2-3-14(6-8-23)10-15-4-5-17-16(11-15)12-20-21-17/h4-5,9,11-12,14H,2-3,6-8,10H2,1H3,(H,20,21)/t14-/m0/s1. The van der Waals surface area contributed by atoms with Crippen molar-refractivity contribution in [2.24, 2.45) is 5.92 Å². The summed E-state index contributed by atoms with van der Waals surface area (Å²) in [5.41, 5.74) is 2.83. The lowest BCUT2D eigenvalue weighted by atomic mass is 9.92. The minimum Gasteiger partial charge on any atom is -0.361 e. The minimum absolute atomic E-state index is 0.0164. The average Bonchev–Trinajstić information content (AvgIpc) is 3.18. The first-order valence-electron chi connectivity index (χ1n) is 8.83. The molecule has 1 atom stereocenters. The molecule has 0 unspecified atom stereocenters. The molecule has 0 bridgehead atoms. The number of hydrogen-bond donors (Lipinski definition) is 1. The van der Waals surface area contributed by atoms with Crippen LogP contribution in [0.1, 0.15) is 41.1 Å². The number of carbonyl (C=O) groups is 1. The van der Waals surface area contributed by atoms with E-state index in [-0.39, 0.29) is 5.91 Å². The van der Waals surface area contributed by atoms with Crippen LogP contribution in [0.4, 0.5) is 0 Å². The van der Waals surface area contributed by atoms with Crippen LogP contribution < -0.4 is 0 Å². The van der Waals surface area contributed by atoms with Gasteiger partial charge >= 0.3 is 0 Å². The Morgan fingerprint density at radius 1 is 1.32 bits per heavy atom. The molecule has 25 heavy (non-hydrogen) atoms.